The molecule has 0 unspecified atom stereocenters. The normalized spacial score (nSPS) is 17.5. The quantitative estimate of drug-likeness (QED) is 0.0959. The number of benzene rings is 5. The Morgan fingerprint density at radius 2 is 1.05 bits per heavy atom. The lowest BCUT2D eigenvalue weighted by molar-refractivity contribution is -0.297. The molecular weight excluding hydrogens is 817 g/mol. The molecule has 4 aliphatic rings. The minimum Gasteiger partial charge on any atom is -0.871 e. The van der Waals surface area contributed by atoms with Crippen LogP contribution in [-0.2, 0) is 14.4 Å². The molecule has 2 fully saturated rings. The zero-order chi connectivity index (χ0) is 45.9. The molecule has 4 aliphatic carbocycles. The summed E-state index contributed by atoms with van der Waals surface area (Å²) in [7, 11) is 0. The first-order chi connectivity index (χ1) is 32.0. The Balaban J connectivity index is 1.15. The molecule has 0 spiro atoms. The van der Waals surface area contributed by atoms with Crippen LogP contribution in [0.25, 0.3) is 5.57 Å². The number of carbonyl (C=O) groups is 3. The summed E-state index contributed by atoms with van der Waals surface area (Å²) in [5.74, 6) is -0.550. The van der Waals surface area contributed by atoms with Crippen molar-refractivity contribution in [1.29, 1.82) is 0 Å². The first-order valence-corrected chi connectivity index (χ1v) is 23.6. The van der Waals surface area contributed by atoms with Crippen molar-refractivity contribution in [2.45, 2.75) is 91.9 Å². The van der Waals surface area contributed by atoms with Gasteiger partial charge in [0.25, 0.3) is 0 Å². The van der Waals surface area contributed by atoms with Crippen LogP contribution in [-0.4, -0.2) is 23.3 Å². The zero-order valence-electron chi connectivity index (χ0n) is 38.5. The van der Waals surface area contributed by atoms with Crippen LogP contribution in [0, 0.1) is 39.5 Å². The van der Waals surface area contributed by atoms with Gasteiger partial charge in [-0.05, 0) is 108 Å². The van der Waals surface area contributed by atoms with Crippen LogP contribution in [0.5, 0.6) is 0 Å². The third-order valence-electron chi connectivity index (χ3n) is 13.6. The van der Waals surface area contributed by atoms with E-state index < -0.39 is 11.5 Å². The molecule has 0 atom stereocenters. The highest BCUT2D eigenvalue weighted by molar-refractivity contribution is 6.40. The summed E-state index contributed by atoms with van der Waals surface area (Å²) in [6, 6.07) is 38.6. The van der Waals surface area contributed by atoms with Gasteiger partial charge in [0.2, 0.25) is 28.9 Å². The Morgan fingerprint density at radius 3 is 1.53 bits per heavy atom. The van der Waals surface area contributed by atoms with Gasteiger partial charge >= 0.3 is 0 Å². The second-order valence-electron chi connectivity index (χ2n) is 18.7. The fraction of sp³-hybridized carbons (Fsp3) is 0.276. The maximum Gasteiger partial charge on any atom is 0.224 e. The molecule has 0 aliphatic heterocycles. The summed E-state index contributed by atoms with van der Waals surface area (Å²) >= 11 is 0. The molecule has 66 heavy (non-hydrogen) atoms. The second kappa shape index (κ2) is 19.2. The molecule has 8 heteroatoms. The lowest BCUT2D eigenvalue weighted by Gasteiger charge is -2.35. The van der Waals surface area contributed by atoms with E-state index >= 15 is 0 Å². The third-order valence-corrected chi connectivity index (χ3v) is 13.6. The minimum atomic E-state index is -0.430. The van der Waals surface area contributed by atoms with Gasteiger partial charge < -0.3 is 20.6 Å². The Kier molecular flexibility index (Phi) is 12.8. The molecule has 0 heterocycles. The predicted octanol–water partition coefficient (Wildman–Crippen LogP) is 12.0. The third kappa shape index (κ3) is 9.50. The summed E-state index contributed by atoms with van der Waals surface area (Å²) in [4.78, 5) is 44.5. The number of ketones is 1. The van der Waals surface area contributed by atoms with Gasteiger partial charge in [-0.2, -0.15) is 4.58 Å². The number of nitrogens with one attached hydrogen (secondary N) is 2. The molecule has 5 aromatic rings. The Bertz CT molecular complexity index is 2740. The van der Waals surface area contributed by atoms with E-state index in [0.717, 1.165) is 108 Å². The van der Waals surface area contributed by atoms with E-state index in [1.807, 2.05) is 24.3 Å². The molecule has 0 aromatic heterocycles. The molecule has 0 radical (unpaired) electrons. The molecule has 5 aromatic carbocycles. The lowest BCUT2D eigenvalue weighted by Crippen LogP contribution is -2.34. The van der Waals surface area contributed by atoms with Gasteiger partial charge in [0, 0.05) is 88.6 Å². The number of carbonyl (C=O) groups excluding carboxylic acids is 3. The summed E-state index contributed by atoms with van der Waals surface area (Å²) in [6.45, 7) is 8.20. The van der Waals surface area contributed by atoms with E-state index in [1.54, 1.807) is 12.1 Å². The average molecular weight is 875 g/mol. The molecule has 0 saturated heterocycles. The highest BCUT2D eigenvalue weighted by Crippen LogP contribution is 2.44. The first kappa shape index (κ1) is 44.2. The summed E-state index contributed by atoms with van der Waals surface area (Å²) in [5, 5.41) is 21.0. The standard InChI is InChI=1S/C58H58N4O4/c1-37-13-21-43(22-14-37)61(44-23-15-38(2)16-24-44)47-29-31-49(51(35-47)59-53(63)33-41-9-5-6-10-41)55-57(65)56(58(55)66)50-32-30-48(36-52(50)60-54(64)34-42-11-7-8-12-42)62(45-25-17-39(3)18-26-45)46-27-19-40(4)20-28-46/h13-32,35-36,41-42H,5-12,33-34H2,1-4H3,(H2,59,60,63,64,65,66). The predicted molar refractivity (Wildman–Crippen MR) is 266 cm³/mol. The number of rotatable bonds is 12. The van der Waals surface area contributed by atoms with Crippen LogP contribution in [0.2, 0.25) is 0 Å². The van der Waals surface area contributed by atoms with Gasteiger partial charge in [-0.25, -0.2) is 0 Å². The molecule has 2 N–H and O–H groups in total. The van der Waals surface area contributed by atoms with Crippen molar-refractivity contribution in [1.82, 2.24) is 9.89 Å². The van der Waals surface area contributed by atoms with E-state index in [2.05, 4.69) is 145 Å². The fourth-order valence-electron chi connectivity index (χ4n) is 9.89. The second-order valence-corrected chi connectivity index (χ2v) is 18.7. The highest BCUT2D eigenvalue weighted by atomic mass is 16.3. The number of amides is 2. The number of aryl methyl sites for hydroxylation is 4. The largest absolute Gasteiger partial charge is 0.871 e. The van der Waals surface area contributed by atoms with Crippen LogP contribution >= 0.6 is 0 Å². The van der Waals surface area contributed by atoms with Crippen LogP contribution < -0.4 is 25.2 Å². The summed E-state index contributed by atoms with van der Waals surface area (Å²) in [5.41, 5.74) is 11.3. The Labute approximate surface area is 388 Å². The number of hydrogen-bond acceptors (Lipinski definition) is 5. The SMILES string of the molecule is Cc1ccc(N(c2ccc(C)cc2)c2ccc(C3=C([O-])/C(=C4/C=CC(=[N+](c5ccc(C)cc5)c5ccc(C)cc5)C=C4NC(=O)CC4CCCC4)C3=O)c(NC(=O)CC3CCCC3)c2)cc1. The van der Waals surface area contributed by atoms with Crippen molar-refractivity contribution < 1.29 is 19.5 Å². The average Bonchev–Trinajstić information content (AvgIpc) is 4.03. The topological polar surface area (TPSA) is 105 Å². The fourth-order valence-corrected chi connectivity index (χ4v) is 9.89. The molecule has 334 valence electrons. The number of allylic oxidation sites excluding steroid dienone is 5. The molecular formula is C58H58N4O4. The van der Waals surface area contributed by atoms with Gasteiger partial charge in [-0.15, -0.1) is 0 Å². The van der Waals surface area contributed by atoms with Crippen molar-refractivity contribution in [2.24, 2.45) is 11.8 Å². The summed E-state index contributed by atoms with van der Waals surface area (Å²) < 4.78 is 2.11. The van der Waals surface area contributed by atoms with Gasteiger partial charge in [0.1, 0.15) is 0 Å². The van der Waals surface area contributed by atoms with Crippen molar-refractivity contribution in [3.05, 3.63) is 184 Å². The zero-order valence-corrected chi connectivity index (χ0v) is 38.5. The maximum absolute atomic E-state index is 14.7. The van der Waals surface area contributed by atoms with E-state index in [-0.39, 0.29) is 23.0 Å². The highest BCUT2D eigenvalue weighted by Gasteiger charge is 2.36. The van der Waals surface area contributed by atoms with Crippen LogP contribution in [0.1, 0.15) is 92.0 Å². The minimum absolute atomic E-state index is 0.0122. The van der Waals surface area contributed by atoms with Gasteiger partial charge in [0.05, 0.1) is 11.4 Å². The smallest absolute Gasteiger partial charge is 0.224 e. The van der Waals surface area contributed by atoms with Crippen molar-refractivity contribution in [3.63, 3.8) is 0 Å². The van der Waals surface area contributed by atoms with Crippen molar-refractivity contribution >= 4 is 63.0 Å². The summed E-state index contributed by atoms with van der Waals surface area (Å²) in [6.07, 6.45) is 14.8. The number of Topliss-reactive ketones (excluding diaryl/α,β-unsaturated/α-hetero) is 1. The van der Waals surface area contributed by atoms with E-state index in [1.165, 1.54) is 0 Å². The number of nitrogens with zero attached hydrogens (tertiary/aromatic N) is 2. The molecule has 8 nitrogen and oxygen atoms in total. The maximum atomic E-state index is 14.7. The Hall–Kier alpha value is -7.06. The van der Waals surface area contributed by atoms with Crippen molar-refractivity contribution in [3.8, 4) is 0 Å². The van der Waals surface area contributed by atoms with Crippen LogP contribution in [0.15, 0.2) is 156 Å². The van der Waals surface area contributed by atoms with E-state index in [4.69, 9.17) is 0 Å². The Morgan fingerprint density at radius 1 is 0.591 bits per heavy atom. The van der Waals surface area contributed by atoms with Gasteiger partial charge in [-0.3, -0.25) is 14.4 Å². The van der Waals surface area contributed by atoms with E-state index in [0.29, 0.717) is 47.2 Å². The number of anilines is 4. The monoisotopic (exact) mass is 874 g/mol. The van der Waals surface area contributed by atoms with Crippen LogP contribution in [0.3, 0.4) is 0 Å². The first-order valence-electron chi connectivity index (χ1n) is 23.6. The number of hydrogen-bond donors (Lipinski definition) is 2. The molecule has 9 rings (SSSR count). The lowest BCUT2D eigenvalue weighted by atomic mass is 9.78. The van der Waals surface area contributed by atoms with Crippen molar-refractivity contribution in [2.75, 3.05) is 10.2 Å². The molecule has 2 saturated carbocycles. The van der Waals surface area contributed by atoms with E-state index in [9.17, 15) is 19.5 Å². The van der Waals surface area contributed by atoms with Gasteiger partial charge in [-0.1, -0.05) is 108 Å². The van der Waals surface area contributed by atoms with Gasteiger partial charge in [0.15, 0.2) is 5.78 Å². The molecule has 2 amide bonds. The molecule has 0 bridgehead atoms. The van der Waals surface area contributed by atoms with Crippen LogP contribution in [0.4, 0.5) is 34.1 Å².